The Kier molecular flexibility index (Phi) is 10.3. The molecule has 0 aliphatic heterocycles. The third-order valence-corrected chi connectivity index (χ3v) is 1.79. The molecule has 1 amide bonds. The summed E-state index contributed by atoms with van der Waals surface area (Å²) in [6.07, 6.45) is 2.23. The van der Waals surface area contributed by atoms with Crippen molar-refractivity contribution in [1.29, 1.82) is 0 Å². The molecule has 3 nitrogen and oxygen atoms in total. The summed E-state index contributed by atoms with van der Waals surface area (Å²) >= 11 is 0. The summed E-state index contributed by atoms with van der Waals surface area (Å²) in [5, 5.41) is 0. The molecule has 0 heterocycles. The van der Waals surface area contributed by atoms with Gasteiger partial charge in [-0.25, -0.2) is 4.21 Å². The average Bonchev–Trinajstić information content (AvgIpc) is 2.05. The van der Waals surface area contributed by atoms with Crippen molar-refractivity contribution >= 4 is 16.9 Å². The molecule has 0 spiro atoms. The zero-order valence-electron chi connectivity index (χ0n) is 8.51. The maximum Gasteiger partial charge on any atom is 0.234 e. The monoisotopic (exact) mass is 193 g/mol. The third-order valence-electron chi connectivity index (χ3n) is 1.30. The number of carbonyl (C=O) groups is 1. The van der Waals surface area contributed by atoms with Crippen molar-refractivity contribution < 1.29 is 9.00 Å². The number of hydrogen-bond donors (Lipinski definition) is 1. The highest BCUT2D eigenvalue weighted by atomic mass is 32.2. The summed E-state index contributed by atoms with van der Waals surface area (Å²) in [5.74, 6) is -0.174. The van der Waals surface area contributed by atoms with Crippen LogP contribution in [0.3, 0.4) is 0 Å². The Morgan fingerprint density at radius 1 is 1.50 bits per heavy atom. The van der Waals surface area contributed by atoms with Gasteiger partial charge in [0, 0.05) is 12.2 Å². The normalized spacial score (nSPS) is 13.8. The number of carbonyl (C=O) groups excluding carboxylic acids is 1. The highest BCUT2D eigenvalue weighted by molar-refractivity contribution is 7.82. The molecule has 74 valence electrons. The zero-order chi connectivity index (χ0) is 10.1. The van der Waals surface area contributed by atoms with Crippen LogP contribution in [0.15, 0.2) is 0 Å². The fraction of sp³-hybridized carbons (Fsp3) is 0.875. The minimum absolute atomic E-state index is 0.0381. The van der Waals surface area contributed by atoms with Gasteiger partial charge in [0.1, 0.15) is 11.0 Å². The molecule has 0 saturated heterocycles. The van der Waals surface area contributed by atoms with E-state index in [1.165, 1.54) is 6.26 Å². The van der Waals surface area contributed by atoms with Crippen LogP contribution in [0.5, 0.6) is 0 Å². The quantitative estimate of drug-likeness (QED) is 0.737. The van der Waals surface area contributed by atoms with E-state index in [0.717, 1.165) is 6.42 Å². The largest absolute Gasteiger partial charge is 0.275 e. The van der Waals surface area contributed by atoms with Crippen LogP contribution < -0.4 is 4.72 Å². The van der Waals surface area contributed by atoms with Gasteiger partial charge in [0.2, 0.25) is 5.91 Å². The molecule has 0 aliphatic carbocycles. The molecule has 2 atom stereocenters. The molecule has 2 unspecified atom stereocenters. The molecule has 0 fully saturated rings. The number of hydrogen-bond acceptors (Lipinski definition) is 2. The van der Waals surface area contributed by atoms with Gasteiger partial charge in [-0.2, -0.15) is 0 Å². The summed E-state index contributed by atoms with van der Waals surface area (Å²) < 4.78 is 12.8. The first kappa shape index (κ1) is 14.2. The smallest absolute Gasteiger partial charge is 0.234 e. The summed E-state index contributed by atoms with van der Waals surface area (Å²) in [7, 11) is -1.22. The van der Waals surface area contributed by atoms with Gasteiger partial charge >= 0.3 is 0 Å². The van der Waals surface area contributed by atoms with Gasteiger partial charge < -0.3 is 0 Å². The van der Waals surface area contributed by atoms with Crippen LogP contribution >= 0.6 is 0 Å². The Morgan fingerprint density at radius 3 is 2.17 bits per heavy atom. The Labute approximate surface area is 77.5 Å². The van der Waals surface area contributed by atoms with Crippen molar-refractivity contribution in [3.8, 4) is 0 Å². The van der Waals surface area contributed by atoms with Crippen LogP contribution in [0, 0.1) is 5.92 Å². The molecule has 0 rings (SSSR count). The number of rotatable bonds is 3. The topological polar surface area (TPSA) is 46.2 Å². The highest BCUT2D eigenvalue weighted by Crippen LogP contribution is 1.99. The van der Waals surface area contributed by atoms with Crippen LogP contribution in [0.1, 0.15) is 34.1 Å². The molecule has 0 aromatic heterocycles. The first-order valence-corrected chi connectivity index (χ1v) is 5.77. The maximum absolute atomic E-state index is 10.9. The van der Waals surface area contributed by atoms with E-state index in [0.29, 0.717) is 0 Å². The molecular weight excluding hydrogens is 174 g/mol. The van der Waals surface area contributed by atoms with Crippen LogP contribution in [-0.2, 0) is 15.8 Å². The fourth-order valence-electron chi connectivity index (χ4n) is 0.428. The van der Waals surface area contributed by atoms with Gasteiger partial charge in [-0.1, -0.05) is 27.7 Å². The van der Waals surface area contributed by atoms with Gasteiger partial charge in [0.15, 0.2) is 0 Å². The molecule has 0 aliphatic rings. The molecule has 1 N–H and O–H groups in total. The molecule has 0 saturated carbocycles. The molecule has 0 bridgehead atoms. The van der Waals surface area contributed by atoms with E-state index >= 15 is 0 Å². The van der Waals surface area contributed by atoms with Gasteiger partial charge in [-0.15, -0.1) is 0 Å². The standard InChI is InChI=1S/C6H13NO2S.C2H6/c1-4-5(2)6(8)7-10(3)9;1-2/h5H,4H2,1-3H3,(H,7,8);1-2H3. The number of amides is 1. The lowest BCUT2D eigenvalue weighted by Crippen LogP contribution is -2.29. The predicted octanol–water partition coefficient (Wildman–Crippen LogP) is 1.47. The summed E-state index contributed by atoms with van der Waals surface area (Å²) in [5.41, 5.74) is 0. The molecule has 12 heavy (non-hydrogen) atoms. The number of nitrogens with one attached hydrogen (secondary N) is 1. The Balaban J connectivity index is 0. The Hall–Kier alpha value is -0.380. The van der Waals surface area contributed by atoms with Crippen LogP contribution in [-0.4, -0.2) is 16.4 Å². The zero-order valence-corrected chi connectivity index (χ0v) is 9.33. The fourth-order valence-corrected chi connectivity index (χ4v) is 0.912. The Bertz CT molecular complexity index is 148. The van der Waals surface area contributed by atoms with Crippen LogP contribution in [0.2, 0.25) is 0 Å². The van der Waals surface area contributed by atoms with E-state index in [1.807, 2.05) is 27.7 Å². The lowest BCUT2D eigenvalue weighted by atomic mass is 10.1. The van der Waals surface area contributed by atoms with Crippen molar-refractivity contribution in [2.24, 2.45) is 5.92 Å². The lowest BCUT2D eigenvalue weighted by molar-refractivity contribution is -0.122. The maximum atomic E-state index is 10.9. The van der Waals surface area contributed by atoms with Crippen LogP contribution in [0.25, 0.3) is 0 Å². The van der Waals surface area contributed by atoms with Gasteiger partial charge in [0.25, 0.3) is 0 Å². The van der Waals surface area contributed by atoms with Crippen molar-refractivity contribution in [3.63, 3.8) is 0 Å². The Morgan fingerprint density at radius 2 is 1.92 bits per heavy atom. The van der Waals surface area contributed by atoms with E-state index < -0.39 is 11.0 Å². The minimum Gasteiger partial charge on any atom is -0.275 e. The van der Waals surface area contributed by atoms with Crippen molar-refractivity contribution in [2.75, 3.05) is 6.26 Å². The average molecular weight is 193 g/mol. The van der Waals surface area contributed by atoms with Crippen LogP contribution in [0.4, 0.5) is 0 Å². The summed E-state index contributed by atoms with van der Waals surface area (Å²) in [6.45, 7) is 7.73. The van der Waals surface area contributed by atoms with E-state index in [1.54, 1.807) is 0 Å². The predicted molar refractivity (Wildman–Crippen MR) is 53.0 cm³/mol. The molecule has 4 heteroatoms. The first-order chi connectivity index (χ1) is 5.57. The minimum atomic E-state index is -1.22. The SMILES string of the molecule is CC.CCC(C)C(=O)NS(C)=O. The molecular formula is C8H19NO2S. The first-order valence-electron chi connectivity index (χ1n) is 4.21. The molecule has 0 aromatic rings. The molecule has 0 aromatic carbocycles. The van der Waals surface area contributed by atoms with E-state index in [4.69, 9.17) is 0 Å². The van der Waals surface area contributed by atoms with Gasteiger partial charge in [-0.05, 0) is 6.42 Å². The second kappa shape index (κ2) is 8.71. The van der Waals surface area contributed by atoms with E-state index in [2.05, 4.69) is 4.72 Å². The van der Waals surface area contributed by atoms with Gasteiger partial charge in [0.05, 0.1) is 0 Å². The summed E-state index contributed by atoms with van der Waals surface area (Å²) in [4.78, 5) is 10.9. The van der Waals surface area contributed by atoms with E-state index in [9.17, 15) is 9.00 Å². The van der Waals surface area contributed by atoms with Gasteiger partial charge in [-0.3, -0.25) is 9.52 Å². The lowest BCUT2D eigenvalue weighted by Gasteiger charge is -2.05. The molecule has 0 radical (unpaired) electrons. The third kappa shape index (κ3) is 7.72. The van der Waals surface area contributed by atoms with Crippen molar-refractivity contribution in [1.82, 2.24) is 4.72 Å². The second-order valence-electron chi connectivity index (χ2n) is 2.23. The van der Waals surface area contributed by atoms with Crippen molar-refractivity contribution in [3.05, 3.63) is 0 Å². The summed E-state index contributed by atoms with van der Waals surface area (Å²) in [6, 6.07) is 0. The highest BCUT2D eigenvalue weighted by Gasteiger charge is 2.09. The van der Waals surface area contributed by atoms with Crippen molar-refractivity contribution in [2.45, 2.75) is 34.1 Å². The second-order valence-corrected chi connectivity index (χ2v) is 3.34. The van der Waals surface area contributed by atoms with E-state index in [-0.39, 0.29) is 11.8 Å².